The molecule has 0 aliphatic rings. The number of nitrogens with zero attached hydrogens (tertiary/aromatic N) is 2. The van der Waals surface area contributed by atoms with Gasteiger partial charge in [0.25, 0.3) is 5.91 Å². The number of nitrogens with one attached hydrogen (secondary N) is 2. The highest BCUT2D eigenvalue weighted by Crippen LogP contribution is 2.09. The maximum Gasteiger partial charge on any atom is 0.274 e. The Morgan fingerprint density at radius 1 is 1.21 bits per heavy atom. The molecule has 2 rings (SSSR count). The molecule has 0 atom stereocenters. The van der Waals surface area contributed by atoms with Crippen LogP contribution in [0.3, 0.4) is 0 Å². The van der Waals surface area contributed by atoms with Crippen LogP contribution in [-0.2, 0) is 0 Å². The van der Waals surface area contributed by atoms with E-state index in [2.05, 4.69) is 27.5 Å². The zero-order valence-corrected chi connectivity index (χ0v) is 10.8. The van der Waals surface area contributed by atoms with Gasteiger partial charge in [-0.25, -0.2) is 4.98 Å². The molecule has 0 aliphatic heterocycles. The summed E-state index contributed by atoms with van der Waals surface area (Å²) in [5.74, 6) is 0.482. The third-order valence-corrected chi connectivity index (χ3v) is 2.48. The lowest BCUT2D eigenvalue weighted by Crippen LogP contribution is -2.14. The summed E-state index contributed by atoms with van der Waals surface area (Å²) in [5, 5.41) is 5.92. The van der Waals surface area contributed by atoms with E-state index in [1.54, 1.807) is 30.6 Å². The summed E-state index contributed by atoms with van der Waals surface area (Å²) < 4.78 is 0. The van der Waals surface area contributed by atoms with E-state index in [1.165, 1.54) is 0 Å². The molecule has 0 aliphatic carbocycles. The molecule has 0 aromatic carbocycles. The number of amides is 1. The Morgan fingerprint density at radius 2 is 2.00 bits per heavy atom. The number of hydrogen-bond acceptors (Lipinski definition) is 4. The second-order valence-electron chi connectivity index (χ2n) is 4.02. The molecule has 5 nitrogen and oxygen atoms in total. The van der Waals surface area contributed by atoms with Crippen LogP contribution in [0.1, 0.15) is 23.8 Å². The molecule has 98 valence electrons. The van der Waals surface area contributed by atoms with Crippen LogP contribution in [0.2, 0.25) is 0 Å². The number of pyridine rings is 2. The number of carbonyl (C=O) groups is 1. The van der Waals surface area contributed by atoms with Gasteiger partial charge in [0, 0.05) is 24.6 Å². The Kier molecular flexibility index (Phi) is 4.44. The smallest absolute Gasteiger partial charge is 0.274 e. The van der Waals surface area contributed by atoms with Gasteiger partial charge in [-0.1, -0.05) is 13.0 Å². The van der Waals surface area contributed by atoms with Gasteiger partial charge < -0.3 is 10.6 Å². The summed E-state index contributed by atoms with van der Waals surface area (Å²) in [7, 11) is 0. The van der Waals surface area contributed by atoms with Crippen LogP contribution in [-0.4, -0.2) is 22.4 Å². The predicted octanol–water partition coefficient (Wildman–Crippen LogP) is 2.55. The molecule has 5 heteroatoms. The van der Waals surface area contributed by atoms with Crippen molar-refractivity contribution in [1.29, 1.82) is 0 Å². The lowest BCUT2D eigenvalue weighted by Gasteiger charge is -2.07. The zero-order chi connectivity index (χ0) is 13.5. The third kappa shape index (κ3) is 3.77. The van der Waals surface area contributed by atoms with E-state index in [0.29, 0.717) is 17.2 Å². The summed E-state index contributed by atoms with van der Waals surface area (Å²) >= 11 is 0. The van der Waals surface area contributed by atoms with E-state index in [-0.39, 0.29) is 5.91 Å². The van der Waals surface area contributed by atoms with Crippen molar-refractivity contribution >= 4 is 17.4 Å². The van der Waals surface area contributed by atoms with Crippen LogP contribution >= 0.6 is 0 Å². The highest BCUT2D eigenvalue weighted by atomic mass is 16.1. The number of anilines is 2. The van der Waals surface area contributed by atoms with E-state index < -0.39 is 0 Å². The Balaban J connectivity index is 2.06. The molecule has 0 radical (unpaired) electrons. The van der Waals surface area contributed by atoms with Crippen LogP contribution in [0.4, 0.5) is 11.5 Å². The maximum absolute atomic E-state index is 12.0. The third-order valence-electron chi connectivity index (χ3n) is 2.48. The second-order valence-corrected chi connectivity index (χ2v) is 4.02. The molecule has 2 aromatic rings. The molecule has 0 bridgehead atoms. The topological polar surface area (TPSA) is 66.9 Å². The summed E-state index contributed by atoms with van der Waals surface area (Å²) in [6, 6.07) is 8.81. The standard InChI is InChI=1S/C14H16N4O/c1-2-8-16-13-5-3-4-12(18-13)14(19)17-11-6-9-15-10-7-11/h3-7,9-10H,2,8H2,1H3,(H,16,18)(H,15,17,19). The van der Waals surface area contributed by atoms with Gasteiger partial charge in [0.05, 0.1) is 0 Å². The van der Waals surface area contributed by atoms with Crippen molar-refractivity contribution in [3.05, 3.63) is 48.4 Å². The number of rotatable bonds is 5. The van der Waals surface area contributed by atoms with Gasteiger partial charge in [0.1, 0.15) is 11.5 Å². The Morgan fingerprint density at radius 3 is 2.74 bits per heavy atom. The van der Waals surface area contributed by atoms with Crippen molar-refractivity contribution in [2.75, 3.05) is 17.2 Å². The molecule has 0 saturated heterocycles. The zero-order valence-electron chi connectivity index (χ0n) is 10.8. The van der Waals surface area contributed by atoms with Gasteiger partial charge in [0.2, 0.25) is 0 Å². The van der Waals surface area contributed by atoms with Crippen molar-refractivity contribution in [3.8, 4) is 0 Å². The van der Waals surface area contributed by atoms with Gasteiger partial charge in [-0.15, -0.1) is 0 Å². The van der Waals surface area contributed by atoms with E-state index in [9.17, 15) is 4.79 Å². The largest absolute Gasteiger partial charge is 0.370 e. The maximum atomic E-state index is 12.0. The first-order valence-electron chi connectivity index (χ1n) is 6.22. The van der Waals surface area contributed by atoms with Gasteiger partial charge >= 0.3 is 0 Å². The monoisotopic (exact) mass is 256 g/mol. The molecule has 0 fully saturated rings. The van der Waals surface area contributed by atoms with Crippen LogP contribution in [0.15, 0.2) is 42.7 Å². The first kappa shape index (κ1) is 13.0. The summed E-state index contributed by atoms with van der Waals surface area (Å²) in [4.78, 5) is 20.2. The number of carbonyl (C=O) groups excluding carboxylic acids is 1. The molecular formula is C14H16N4O. The van der Waals surface area contributed by atoms with Crippen molar-refractivity contribution in [2.24, 2.45) is 0 Å². The highest BCUT2D eigenvalue weighted by molar-refractivity contribution is 6.03. The Labute approximate surface area is 112 Å². The van der Waals surface area contributed by atoms with Gasteiger partial charge in [-0.3, -0.25) is 9.78 Å². The van der Waals surface area contributed by atoms with Gasteiger partial charge in [-0.05, 0) is 30.7 Å². The van der Waals surface area contributed by atoms with Crippen molar-refractivity contribution in [1.82, 2.24) is 9.97 Å². The van der Waals surface area contributed by atoms with Crippen LogP contribution < -0.4 is 10.6 Å². The minimum absolute atomic E-state index is 0.230. The fourth-order valence-corrected chi connectivity index (χ4v) is 1.54. The molecule has 2 aromatic heterocycles. The summed E-state index contributed by atoms with van der Waals surface area (Å²) in [6.45, 7) is 2.91. The molecule has 1 amide bonds. The number of hydrogen-bond donors (Lipinski definition) is 2. The normalized spacial score (nSPS) is 9.95. The minimum atomic E-state index is -0.230. The van der Waals surface area contributed by atoms with E-state index in [0.717, 1.165) is 13.0 Å². The molecule has 2 N–H and O–H groups in total. The summed E-state index contributed by atoms with van der Waals surface area (Å²) in [5.41, 5.74) is 1.09. The van der Waals surface area contributed by atoms with Crippen molar-refractivity contribution in [2.45, 2.75) is 13.3 Å². The lowest BCUT2D eigenvalue weighted by atomic mass is 10.3. The van der Waals surface area contributed by atoms with Gasteiger partial charge in [-0.2, -0.15) is 0 Å². The lowest BCUT2D eigenvalue weighted by molar-refractivity contribution is 0.102. The molecule has 19 heavy (non-hydrogen) atoms. The summed E-state index contributed by atoms with van der Waals surface area (Å²) in [6.07, 6.45) is 4.26. The molecule has 2 heterocycles. The SMILES string of the molecule is CCCNc1cccc(C(=O)Nc2ccncc2)n1. The quantitative estimate of drug-likeness (QED) is 0.862. The minimum Gasteiger partial charge on any atom is -0.370 e. The van der Waals surface area contributed by atoms with E-state index in [1.807, 2.05) is 12.1 Å². The molecule has 0 saturated carbocycles. The van der Waals surface area contributed by atoms with Gasteiger partial charge in [0.15, 0.2) is 0 Å². The van der Waals surface area contributed by atoms with Crippen LogP contribution in [0.25, 0.3) is 0 Å². The van der Waals surface area contributed by atoms with Crippen molar-refractivity contribution in [3.63, 3.8) is 0 Å². The molecule has 0 spiro atoms. The Bertz CT molecular complexity index is 542. The average molecular weight is 256 g/mol. The van der Waals surface area contributed by atoms with Crippen LogP contribution in [0.5, 0.6) is 0 Å². The Hall–Kier alpha value is -2.43. The predicted molar refractivity (Wildman–Crippen MR) is 75.2 cm³/mol. The molecule has 0 unspecified atom stereocenters. The second kappa shape index (κ2) is 6.49. The van der Waals surface area contributed by atoms with Crippen LogP contribution in [0, 0.1) is 0 Å². The highest BCUT2D eigenvalue weighted by Gasteiger charge is 2.08. The number of aromatic nitrogens is 2. The fourth-order valence-electron chi connectivity index (χ4n) is 1.54. The molecular weight excluding hydrogens is 240 g/mol. The van der Waals surface area contributed by atoms with E-state index >= 15 is 0 Å². The van der Waals surface area contributed by atoms with E-state index in [4.69, 9.17) is 0 Å². The average Bonchev–Trinajstić information content (AvgIpc) is 2.46. The fraction of sp³-hybridized carbons (Fsp3) is 0.214. The first-order chi connectivity index (χ1) is 9.29. The van der Waals surface area contributed by atoms with Crippen molar-refractivity contribution < 1.29 is 4.79 Å². The first-order valence-corrected chi connectivity index (χ1v) is 6.22.